The molecule has 1 aliphatic rings. The molecule has 0 radical (unpaired) electrons. The Kier molecular flexibility index (Phi) is 4.71. The van der Waals surface area contributed by atoms with Crippen LogP contribution in [0.2, 0.25) is 0 Å². The summed E-state index contributed by atoms with van der Waals surface area (Å²) >= 11 is 5.05. The number of nitrogens with zero attached hydrogens (tertiary/aromatic N) is 2. The van der Waals surface area contributed by atoms with Gasteiger partial charge in [-0.05, 0) is 31.9 Å². The fraction of sp³-hybridized carbons (Fsp3) is 0.571. The lowest BCUT2D eigenvalue weighted by Gasteiger charge is -2.30. The molecule has 0 aromatic carbocycles. The van der Waals surface area contributed by atoms with E-state index in [1.807, 2.05) is 19.1 Å². The highest BCUT2D eigenvalue weighted by Crippen LogP contribution is 2.23. The number of hydrogen-bond donors (Lipinski definition) is 2. The number of aromatic nitrogens is 1. The van der Waals surface area contributed by atoms with Crippen LogP contribution in [0.25, 0.3) is 0 Å². The summed E-state index contributed by atoms with van der Waals surface area (Å²) in [5, 5.41) is 9.58. The molecule has 0 bridgehead atoms. The lowest BCUT2D eigenvalue weighted by molar-refractivity contribution is 0.254. The summed E-state index contributed by atoms with van der Waals surface area (Å²) in [7, 11) is 0. The third-order valence-corrected chi connectivity index (χ3v) is 3.84. The van der Waals surface area contributed by atoms with Gasteiger partial charge in [-0.1, -0.05) is 25.1 Å². The first-order valence-electron chi connectivity index (χ1n) is 6.78. The standard InChI is InChI=1S/C14H21N3OS/c1-10-7-11(14(15)19)8-13(16-10)17-6-4-2-3-5-12(17)9-18/h7-8,12,18H,2-6,9H2,1H3,(H2,15,19). The van der Waals surface area contributed by atoms with Crippen molar-refractivity contribution in [3.8, 4) is 0 Å². The molecule has 1 fully saturated rings. The maximum absolute atomic E-state index is 9.58. The van der Waals surface area contributed by atoms with E-state index in [1.54, 1.807) is 0 Å². The van der Waals surface area contributed by atoms with Gasteiger partial charge in [0.15, 0.2) is 0 Å². The summed E-state index contributed by atoms with van der Waals surface area (Å²) in [6.45, 7) is 3.04. The Labute approximate surface area is 119 Å². The summed E-state index contributed by atoms with van der Waals surface area (Å²) in [5.41, 5.74) is 7.46. The molecule has 3 N–H and O–H groups in total. The normalized spacial score (nSPS) is 20.1. The van der Waals surface area contributed by atoms with Gasteiger partial charge >= 0.3 is 0 Å². The van der Waals surface area contributed by atoms with Crippen LogP contribution in [0.4, 0.5) is 5.82 Å². The van der Waals surface area contributed by atoms with E-state index in [2.05, 4.69) is 9.88 Å². The van der Waals surface area contributed by atoms with Gasteiger partial charge in [0.25, 0.3) is 0 Å². The lowest BCUT2D eigenvalue weighted by Crippen LogP contribution is -2.38. The lowest BCUT2D eigenvalue weighted by atomic mass is 10.1. The highest BCUT2D eigenvalue weighted by atomic mass is 32.1. The molecule has 4 nitrogen and oxygen atoms in total. The molecule has 19 heavy (non-hydrogen) atoms. The smallest absolute Gasteiger partial charge is 0.129 e. The molecule has 1 unspecified atom stereocenters. The van der Waals surface area contributed by atoms with Gasteiger partial charge in [-0.25, -0.2) is 4.98 Å². The van der Waals surface area contributed by atoms with Crippen LogP contribution in [-0.2, 0) is 0 Å². The third kappa shape index (κ3) is 3.42. The molecular formula is C14H21N3OS. The van der Waals surface area contributed by atoms with Crippen molar-refractivity contribution in [1.29, 1.82) is 0 Å². The second-order valence-corrected chi connectivity index (χ2v) is 5.54. The molecular weight excluding hydrogens is 258 g/mol. The zero-order valence-corrected chi connectivity index (χ0v) is 12.1. The largest absolute Gasteiger partial charge is 0.394 e. The van der Waals surface area contributed by atoms with Crippen LogP contribution in [0.15, 0.2) is 12.1 Å². The average Bonchev–Trinajstić information content (AvgIpc) is 2.62. The van der Waals surface area contributed by atoms with Gasteiger partial charge in [-0.15, -0.1) is 0 Å². The summed E-state index contributed by atoms with van der Waals surface area (Å²) in [6.07, 6.45) is 4.51. The van der Waals surface area contributed by atoms with Crippen LogP contribution in [0.3, 0.4) is 0 Å². The number of rotatable bonds is 3. The Hall–Kier alpha value is -1.20. The van der Waals surface area contributed by atoms with Gasteiger partial charge in [-0.3, -0.25) is 0 Å². The van der Waals surface area contributed by atoms with E-state index in [9.17, 15) is 5.11 Å². The topological polar surface area (TPSA) is 62.4 Å². The van der Waals surface area contributed by atoms with Crippen molar-refractivity contribution in [1.82, 2.24) is 4.98 Å². The molecule has 1 saturated heterocycles. The van der Waals surface area contributed by atoms with Crippen LogP contribution in [-0.4, -0.2) is 34.3 Å². The Morgan fingerprint density at radius 3 is 2.95 bits per heavy atom. The third-order valence-electron chi connectivity index (χ3n) is 3.61. The number of aryl methyl sites for hydroxylation is 1. The van der Waals surface area contributed by atoms with Crippen molar-refractivity contribution in [2.24, 2.45) is 5.73 Å². The van der Waals surface area contributed by atoms with E-state index in [-0.39, 0.29) is 12.6 Å². The molecule has 2 rings (SSSR count). The van der Waals surface area contributed by atoms with E-state index < -0.39 is 0 Å². The first-order valence-corrected chi connectivity index (χ1v) is 7.18. The van der Waals surface area contributed by atoms with Gasteiger partial charge < -0.3 is 15.7 Å². The second-order valence-electron chi connectivity index (χ2n) is 5.10. The highest BCUT2D eigenvalue weighted by molar-refractivity contribution is 7.80. The number of nitrogens with two attached hydrogens (primary N) is 1. The van der Waals surface area contributed by atoms with E-state index in [1.165, 1.54) is 6.42 Å². The van der Waals surface area contributed by atoms with E-state index in [4.69, 9.17) is 18.0 Å². The summed E-state index contributed by atoms with van der Waals surface area (Å²) in [4.78, 5) is 7.17. The maximum Gasteiger partial charge on any atom is 0.129 e. The molecule has 0 spiro atoms. The first-order chi connectivity index (χ1) is 9.11. The molecule has 1 aromatic rings. The maximum atomic E-state index is 9.58. The van der Waals surface area contributed by atoms with Crippen LogP contribution in [0.5, 0.6) is 0 Å². The van der Waals surface area contributed by atoms with Crippen molar-refractivity contribution in [3.63, 3.8) is 0 Å². The number of thiocarbonyl (C=S) groups is 1. The van der Waals surface area contributed by atoms with Gasteiger partial charge in [0.05, 0.1) is 12.6 Å². The molecule has 0 saturated carbocycles. The average molecular weight is 279 g/mol. The van der Waals surface area contributed by atoms with E-state index in [0.29, 0.717) is 4.99 Å². The van der Waals surface area contributed by atoms with Crippen LogP contribution < -0.4 is 10.6 Å². The molecule has 1 atom stereocenters. The molecule has 1 aliphatic heterocycles. The van der Waals surface area contributed by atoms with Crippen molar-refractivity contribution in [2.75, 3.05) is 18.1 Å². The van der Waals surface area contributed by atoms with Crippen LogP contribution in [0, 0.1) is 6.92 Å². The van der Waals surface area contributed by atoms with E-state index in [0.717, 1.165) is 42.9 Å². The number of anilines is 1. The van der Waals surface area contributed by atoms with Gasteiger partial charge in [0.2, 0.25) is 0 Å². The minimum Gasteiger partial charge on any atom is -0.394 e. The highest BCUT2D eigenvalue weighted by Gasteiger charge is 2.22. The summed E-state index contributed by atoms with van der Waals surface area (Å²) in [5.74, 6) is 0.878. The predicted octanol–water partition coefficient (Wildman–Crippen LogP) is 1.77. The number of pyridine rings is 1. The number of aliphatic hydroxyl groups is 1. The van der Waals surface area contributed by atoms with Gasteiger partial charge in [0, 0.05) is 17.8 Å². The van der Waals surface area contributed by atoms with Gasteiger partial charge in [0.1, 0.15) is 10.8 Å². The van der Waals surface area contributed by atoms with Crippen molar-refractivity contribution in [3.05, 3.63) is 23.4 Å². The fourth-order valence-electron chi connectivity index (χ4n) is 2.61. The van der Waals surface area contributed by atoms with E-state index >= 15 is 0 Å². The second kappa shape index (κ2) is 6.30. The predicted molar refractivity (Wildman–Crippen MR) is 81.5 cm³/mol. The fourth-order valence-corrected chi connectivity index (χ4v) is 2.73. The van der Waals surface area contributed by atoms with Crippen molar-refractivity contribution in [2.45, 2.75) is 38.6 Å². The van der Waals surface area contributed by atoms with Crippen LogP contribution >= 0.6 is 12.2 Å². The molecule has 2 heterocycles. The molecule has 1 aromatic heterocycles. The molecule has 5 heteroatoms. The van der Waals surface area contributed by atoms with Crippen LogP contribution in [0.1, 0.15) is 36.9 Å². The zero-order valence-electron chi connectivity index (χ0n) is 11.3. The SMILES string of the molecule is Cc1cc(C(N)=S)cc(N2CCCCCC2CO)n1. The quantitative estimate of drug-likeness (QED) is 0.826. The molecule has 0 amide bonds. The minimum absolute atomic E-state index is 0.149. The first kappa shape index (κ1) is 14.2. The Balaban J connectivity index is 2.34. The van der Waals surface area contributed by atoms with Crippen molar-refractivity contribution >= 4 is 23.0 Å². The Morgan fingerprint density at radius 2 is 2.26 bits per heavy atom. The Bertz CT molecular complexity index is 464. The molecule has 104 valence electrons. The number of hydrogen-bond acceptors (Lipinski definition) is 4. The van der Waals surface area contributed by atoms with Crippen molar-refractivity contribution < 1.29 is 5.11 Å². The Morgan fingerprint density at radius 1 is 1.47 bits per heavy atom. The monoisotopic (exact) mass is 279 g/mol. The number of aliphatic hydroxyl groups excluding tert-OH is 1. The summed E-state index contributed by atoms with van der Waals surface area (Å²) in [6, 6.07) is 3.98. The zero-order chi connectivity index (χ0) is 13.8. The van der Waals surface area contributed by atoms with Gasteiger partial charge in [-0.2, -0.15) is 0 Å². The minimum atomic E-state index is 0.149. The molecule has 0 aliphatic carbocycles. The summed E-state index contributed by atoms with van der Waals surface area (Å²) < 4.78 is 0.